The summed E-state index contributed by atoms with van der Waals surface area (Å²) in [5.41, 5.74) is 5.84. The molecule has 1 aromatic carbocycles. The van der Waals surface area contributed by atoms with E-state index in [0.717, 1.165) is 45.6 Å². The van der Waals surface area contributed by atoms with Crippen LogP contribution < -0.4 is 4.74 Å². The fourth-order valence-electron chi connectivity index (χ4n) is 3.33. The highest BCUT2D eigenvalue weighted by Gasteiger charge is 2.12. The third-order valence-electron chi connectivity index (χ3n) is 4.72. The summed E-state index contributed by atoms with van der Waals surface area (Å²) in [4.78, 5) is 16.6. The molecule has 0 bridgehead atoms. The van der Waals surface area contributed by atoms with E-state index in [1.165, 1.54) is 5.56 Å². The number of nitrogens with one attached hydrogen (secondary N) is 1. The van der Waals surface area contributed by atoms with E-state index in [-0.39, 0.29) is 1.43 Å². The Bertz CT molecular complexity index is 1250. The van der Waals surface area contributed by atoms with Crippen molar-refractivity contribution in [3.8, 4) is 16.9 Å². The third-order valence-corrected chi connectivity index (χ3v) is 4.72. The molecule has 134 valence electrons. The molecule has 0 aliphatic carbocycles. The fourth-order valence-corrected chi connectivity index (χ4v) is 3.33. The van der Waals surface area contributed by atoms with Crippen molar-refractivity contribution in [2.45, 2.75) is 6.54 Å². The molecule has 0 aliphatic heterocycles. The zero-order valence-electron chi connectivity index (χ0n) is 14.8. The average Bonchev–Trinajstić information content (AvgIpc) is 3.32. The molecule has 5 aromatic rings. The van der Waals surface area contributed by atoms with Gasteiger partial charge in [0.15, 0.2) is 5.65 Å². The van der Waals surface area contributed by atoms with E-state index in [1.54, 1.807) is 13.3 Å². The summed E-state index contributed by atoms with van der Waals surface area (Å²) in [5.74, 6) is 0.728. The van der Waals surface area contributed by atoms with Gasteiger partial charge in [0.25, 0.3) is 0 Å². The summed E-state index contributed by atoms with van der Waals surface area (Å²) in [6.45, 7) is 0.756. The van der Waals surface area contributed by atoms with Crippen LogP contribution in [-0.2, 0) is 6.54 Å². The van der Waals surface area contributed by atoms with Crippen LogP contribution in [0.5, 0.6) is 5.75 Å². The molecule has 4 heterocycles. The summed E-state index contributed by atoms with van der Waals surface area (Å²) in [7, 11) is 1.64. The molecule has 0 aliphatic rings. The molecule has 0 amide bonds. The van der Waals surface area contributed by atoms with Crippen LogP contribution in [-0.4, -0.2) is 31.6 Å². The predicted octanol–water partition coefficient (Wildman–Crippen LogP) is 4.28. The number of rotatable bonds is 4. The lowest BCUT2D eigenvalue weighted by atomic mass is 10.1. The molecule has 27 heavy (non-hydrogen) atoms. The highest BCUT2D eigenvalue weighted by Crippen LogP contribution is 2.31. The number of imidazole rings is 1. The maximum absolute atomic E-state index is 5.32. The Labute approximate surface area is 157 Å². The highest BCUT2D eigenvalue weighted by atomic mass is 16.5. The van der Waals surface area contributed by atoms with Gasteiger partial charge in [-0.25, -0.2) is 15.0 Å². The zero-order valence-corrected chi connectivity index (χ0v) is 14.8. The fraction of sp³-hybridized carbons (Fsp3) is 0.0952. The molecule has 1 N–H and O–H groups in total. The number of benzene rings is 1. The summed E-state index contributed by atoms with van der Waals surface area (Å²) < 4.78 is 7.44. The monoisotopic (exact) mass is 357 g/mol. The molecule has 4 aromatic heterocycles. The van der Waals surface area contributed by atoms with E-state index < -0.39 is 0 Å². The first-order chi connectivity index (χ1) is 13.3. The van der Waals surface area contributed by atoms with E-state index >= 15 is 0 Å². The summed E-state index contributed by atoms with van der Waals surface area (Å²) >= 11 is 0. The molecule has 6 heteroatoms. The Kier molecular flexibility index (Phi) is 3.60. The van der Waals surface area contributed by atoms with Crippen LogP contribution >= 0.6 is 0 Å². The number of fused-ring (bicyclic) bond motifs is 2. The number of ether oxygens (including phenoxy) is 1. The molecular weight excluding hydrogens is 338 g/mol. The maximum Gasteiger partial charge on any atom is 0.177 e. The van der Waals surface area contributed by atoms with Crippen LogP contribution in [0, 0.1) is 0 Å². The first-order valence-electron chi connectivity index (χ1n) is 8.68. The average molecular weight is 357 g/mol. The third kappa shape index (κ3) is 2.71. The van der Waals surface area contributed by atoms with Crippen LogP contribution in [0.1, 0.15) is 6.99 Å². The highest BCUT2D eigenvalue weighted by molar-refractivity contribution is 5.95. The molecule has 0 atom stereocenters. The van der Waals surface area contributed by atoms with E-state index in [2.05, 4.69) is 42.7 Å². The van der Waals surface area contributed by atoms with Gasteiger partial charge in [-0.05, 0) is 17.7 Å². The summed E-state index contributed by atoms with van der Waals surface area (Å²) in [6, 6.07) is 14.4. The smallest absolute Gasteiger partial charge is 0.177 e. The van der Waals surface area contributed by atoms with E-state index in [1.807, 2.05) is 43.0 Å². The quantitative estimate of drug-likeness (QED) is 0.521. The lowest BCUT2D eigenvalue weighted by Gasteiger charge is -2.06. The van der Waals surface area contributed by atoms with Crippen molar-refractivity contribution in [1.29, 1.82) is 0 Å². The second-order valence-electron chi connectivity index (χ2n) is 6.40. The number of aromatic nitrogens is 5. The van der Waals surface area contributed by atoms with Crippen LogP contribution in [0.4, 0.5) is 0 Å². The van der Waals surface area contributed by atoms with Gasteiger partial charge < -0.3 is 14.3 Å². The first-order valence-corrected chi connectivity index (χ1v) is 8.68. The van der Waals surface area contributed by atoms with E-state index in [0.29, 0.717) is 0 Å². The zero-order chi connectivity index (χ0) is 18.2. The van der Waals surface area contributed by atoms with Gasteiger partial charge in [-0.3, -0.25) is 0 Å². The number of hydrogen-bond acceptors (Lipinski definition) is 4. The minimum Gasteiger partial charge on any atom is -0.495 e. The van der Waals surface area contributed by atoms with Crippen LogP contribution in [0.2, 0.25) is 0 Å². The lowest BCUT2D eigenvalue weighted by Crippen LogP contribution is -1.97. The van der Waals surface area contributed by atoms with Crippen molar-refractivity contribution in [2.75, 3.05) is 7.11 Å². The van der Waals surface area contributed by atoms with Crippen molar-refractivity contribution in [2.24, 2.45) is 0 Å². The number of methoxy groups -OCH3 is 1. The largest absolute Gasteiger partial charge is 0.495 e. The first kappa shape index (κ1) is 15.6. The predicted molar refractivity (Wildman–Crippen MR) is 107 cm³/mol. The molecule has 0 spiro atoms. The van der Waals surface area contributed by atoms with Crippen LogP contribution in [0.15, 0.2) is 67.4 Å². The normalized spacial score (nSPS) is 11.3. The number of H-pyrrole nitrogens is 1. The van der Waals surface area contributed by atoms with Gasteiger partial charge in [0.05, 0.1) is 25.2 Å². The van der Waals surface area contributed by atoms with Crippen molar-refractivity contribution in [3.05, 3.63) is 72.9 Å². The molecule has 0 saturated carbocycles. The van der Waals surface area contributed by atoms with Crippen molar-refractivity contribution >= 4 is 22.2 Å². The second-order valence-corrected chi connectivity index (χ2v) is 6.40. The number of hydrogen-bond donors (Lipinski definition) is 1. The number of aromatic amines is 1. The Hall–Kier alpha value is -3.67. The molecule has 5 rings (SSSR count). The van der Waals surface area contributed by atoms with Crippen molar-refractivity contribution < 1.29 is 6.16 Å². The molecule has 6 nitrogen and oxygen atoms in total. The van der Waals surface area contributed by atoms with Gasteiger partial charge in [0.2, 0.25) is 0 Å². The van der Waals surface area contributed by atoms with Crippen molar-refractivity contribution in [1.82, 2.24) is 24.5 Å². The molecule has 0 radical (unpaired) electrons. The van der Waals surface area contributed by atoms with Gasteiger partial charge in [0.1, 0.15) is 11.4 Å². The van der Waals surface area contributed by atoms with Gasteiger partial charge >= 0.3 is 0 Å². The molecule has 0 unspecified atom stereocenters. The van der Waals surface area contributed by atoms with E-state index in [4.69, 9.17) is 4.74 Å². The van der Waals surface area contributed by atoms with Gasteiger partial charge in [-0.15, -0.1) is 0 Å². The van der Waals surface area contributed by atoms with Crippen molar-refractivity contribution in [3.63, 3.8) is 0 Å². The van der Waals surface area contributed by atoms with Gasteiger partial charge in [-0.1, -0.05) is 30.3 Å². The number of nitrogens with zero attached hydrogens (tertiary/aromatic N) is 4. The molecule has 0 saturated heterocycles. The second kappa shape index (κ2) is 6.25. The van der Waals surface area contributed by atoms with Crippen LogP contribution in [0.3, 0.4) is 0 Å². The molecule has 0 fully saturated rings. The molecular formula is C21H19N5O. The van der Waals surface area contributed by atoms with Crippen LogP contribution in [0.25, 0.3) is 33.3 Å². The Morgan fingerprint density at radius 1 is 1.07 bits per heavy atom. The van der Waals surface area contributed by atoms with Gasteiger partial charge in [-0.2, -0.15) is 0 Å². The SMILES string of the molecule is COc1cnc2[nH]cc(-c3cnc4ncn(Cc5ccccc5)c4c3)c2c1.[HH]. The lowest BCUT2D eigenvalue weighted by molar-refractivity contribution is 0.414. The minimum atomic E-state index is 0. The summed E-state index contributed by atoms with van der Waals surface area (Å²) in [6.07, 6.45) is 7.36. The maximum atomic E-state index is 5.32. The standard InChI is InChI=1S/C21H17N5O.H2/c1-27-16-8-17-18(11-24-20(17)23-10-16)15-7-19-21(22-9-15)25-13-26(19)12-14-5-3-2-4-6-14;/h2-11,13H,12H2,1H3,(H,23,24);1H. The van der Waals surface area contributed by atoms with E-state index in [9.17, 15) is 0 Å². The Morgan fingerprint density at radius 2 is 1.96 bits per heavy atom. The summed E-state index contributed by atoms with van der Waals surface area (Å²) in [5, 5.41) is 1.00. The Morgan fingerprint density at radius 3 is 2.81 bits per heavy atom. The topological polar surface area (TPSA) is 68.6 Å². The Balaban J connectivity index is 0.00000192. The number of pyridine rings is 2. The minimum absolute atomic E-state index is 0. The van der Waals surface area contributed by atoms with Gasteiger partial charge in [0, 0.05) is 36.9 Å².